The van der Waals surface area contributed by atoms with E-state index in [9.17, 15) is 0 Å². The highest BCUT2D eigenvalue weighted by atomic mass is 16.5. The van der Waals surface area contributed by atoms with Gasteiger partial charge < -0.3 is 15.4 Å². The molecule has 0 saturated carbocycles. The predicted octanol–water partition coefficient (Wildman–Crippen LogP) is 3.53. The van der Waals surface area contributed by atoms with E-state index in [0.717, 1.165) is 17.1 Å². The van der Waals surface area contributed by atoms with Crippen LogP contribution in [-0.2, 0) is 19.7 Å². The average molecular weight is 360 g/mol. The number of ether oxygens (including phenoxy) is 1. The first-order valence-corrected chi connectivity index (χ1v) is 8.94. The highest BCUT2D eigenvalue weighted by Gasteiger charge is 2.06. The maximum Gasteiger partial charge on any atom is 0.218 e. The minimum Gasteiger partial charge on any atom is -0.473 e. The van der Waals surface area contributed by atoms with Crippen LogP contribution in [-0.4, -0.2) is 18.0 Å². The van der Waals surface area contributed by atoms with Gasteiger partial charge in [0.25, 0.3) is 0 Å². The Kier molecular flexibility index (Phi) is 6.81. The van der Waals surface area contributed by atoms with Gasteiger partial charge in [-0.05, 0) is 17.2 Å². The Morgan fingerprint density at radius 1 is 0.852 bits per heavy atom. The van der Waals surface area contributed by atoms with Crippen molar-refractivity contribution in [3.8, 4) is 5.88 Å². The molecule has 2 N–H and O–H groups in total. The van der Waals surface area contributed by atoms with Crippen molar-refractivity contribution < 1.29 is 4.74 Å². The Labute approximate surface area is 160 Å². The van der Waals surface area contributed by atoms with Crippen molar-refractivity contribution in [1.29, 1.82) is 0 Å². The first kappa shape index (κ1) is 18.5. The molecule has 0 saturated heterocycles. The fourth-order valence-corrected chi connectivity index (χ4v) is 2.60. The van der Waals surface area contributed by atoms with E-state index in [0.29, 0.717) is 25.6 Å². The molecule has 1 heterocycles. The Morgan fingerprint density at radius 2 is 1.52 bits per heavy atom. The summed E-state index contributed by atoms with van der Waals surface area (Å²) in [6, 6.07) is 24.2. The topological polar surface area (TPSA) is 58.5 Å². The number of rotatable bonds is 7. The van der Waals surface area contributed by atoms with Crippen LogP contribution in [0.25, 0.3) is 0 Å². The number of aromatic nitrogens is 1. The molecule has 2 aromatic carbocycles. The molecule has 5 heteroatoms. The number of hydrogen-bond donors (Lipinski definition) is 2. The number of nitrogens with zero attached hydrogens (tertiary/aromatic N) is 2. The number of pyridine rings is 1. The lowest BCUT2D eigenvalue weighted by Gasteiger charge is -2.14. The quantitative estimate of drug-likeness (QED) is 0.500. The lowest BCUT2D eigenvalue weighted by Crippen LogP contribution is -2.36. The maximum atomic E-state index is 5.91. The van der Waals surface area contributed by atoms with Crippen molar-refractivity contribution in [3.05, 3.63) is 95.7 Å². The van der Waals surface area contributed by atoms with Gasteiger partial charge in [-0.15, -0.1) is 0 Å². The Hall–Kier alpha value is -3.34. The maximum absolute atomic E-state index is 5.91. The molecule has 0 atom stereocenters. The standard InChI is InChI=1S/C22H24N4O/c1-23-22(25-15-18-9-4-2-5-10-18)26-16-20-13-8-14-24-21(20)27-17-19-11-6-3-7-12-19/h2-14H,15-17H2,1H3,(H2,23,25,26). The largest absolute Gasteiger partial charge is 0.473 e. The van der Waals surface area contributed by atoms with Crippen molar-refractivity contribution in [3.63, 3.8) is 0 Å². The first-order valence-electron chi connectivity index (χ1n) is 8.94. The number of guanidine groups is 1. The molecule has 5 nitrogen and oxygen atoms in total. The van der Waals surface area contributed by atoms with E-state index < -0.39 is 0 Å². The van der Waals surface area contributed by atoms with Crippen molar-refractivity contribution in [2.24, 2.45) is 4.99 Å². The van der Waals surface area contributed by atoms with E-state index in [1.807, 2.05) is 60.7 Å². The fourth-order valence-electron chi connectivity index (χ4n) is 2.60. The van der Waals surface area contributed by atoms with Crippen LogP contribution in [0.4, 0.5) is 0 Å². The summed E-state index contributed by atoms with van der Waals surface area (Å²) in [6.07, 6.45) is 1.74. The van der Waals surface area contributed by atoms with Gasteiger partial charge in [-0.3, -0.25) is 4.99 Å². The smallest absolute Gasteiger partial charge is 0.218 e. The zero-order chi connectivity index (χ0) is 18.7. The highest BCUT2D eigenvalue weighted by Crippen LogP contribution is 2.15. The van der Waals surface area contributed by atoms with Gasteiger partial charge in [-0.2, -0.15) is 0 Å². The van der Waals surface area contributed by atoms with Crippen LogP contribution in [0.2, 0.25) is 0 Å². The summed E-state index contributed by atoms with van der Waals surface area (Å²) in [5.74, 6) is 1.36. The second-order valence-electron chi connectivity index (χ2n) is 6.01. The lowest BCUT2D eigenvalue weighted by molar-refractivity contribution is 0.290. The summed E-state index contributed by atoms with van der Waals surface area (Å²) in [5, 5.41) is 6.62. The van der Waals surface area contributed by atoms with E-state index in [4.69, 9.17) is 4.74 Å². The van der Waals surface area contributed by atoms with Crippen molar-refractivity contribution in [2.45, 2.75) is 19.7 Å². The van der Waals surface area contributed by atoms with Gasteiger partial charge in [0, 0.05) is 31.9 Å². The summed E-state index contributed by atoms with van der Waals surface area (Å²) in [6.45, 7) is 1.78. The van der Waals surface area contributed by atoms with Gasteiger partial charge >= 0.3 is 0 Å². The third-order valence-corrected chi connectivity index (χ3v) is 4.04. The molecule has 0 fully saturated rings. The van der Waals surface area contributed by atoms with Crippen LogP contribution in [0.15, 0.2) is 84.0 Å². The van der Waals surface area contributed by atoms with Crippen molar-refractivity contribution in [2.75, 3.05) is 7.05 Å². The summed E-state index contributed by atoms with van der Waals surface area (Å²) < 4.78 is 5.91. The van der Waals surface area contributed by atoms with Crippen LogP contribution in [0.5, 0.6) is 5.88 Å². The molecule has 0 aliphatic carbocycles. The van der Waals surface area contributed by atoms with Crippen molar-refractivity contribution in [1.82, 2.24) is 15.6 Å². The molecule has 0 aliphatic heterocycles. The van der Waals surface area contributed by atoms with Gasteiger partial charge in [-0.25, -0.2) is 4.98 Å². The van der Waals surface area contributed by atoms with Gasteiger partial charge in [-0.1, -0.05) is 66.7 Å². The SMILES string of the molecule is CN=C(NCc1ccccc1)NCc1cccnc1OCc1ccccc1. The highest BCUT2D eigenvalue weighted by molar-refractivity contribution is 5.79. The third-order valence-electron chi connectivity index (χ3n) is 4.04. The zero-order valence-electron chi connectivity index (χ0n) is 15.4. The van der Waals surface area contributed by atoms with Gasteiger partial charge in [0.1, 0.15) is 6.61 Å². The molecule has 0 amide bonds. The molecule has 0 aliphatic rings. The Balaban J connectivity index is 1.55. The molecule has 3 rings (SSSR count). The minimum atomic E-state index is 0.492. The third kappa shape index (κ3) is 5.85. The summed E-state index contributed by atoms with van der Waals surface area (Å²) in [4.78, 5) is 8.64. The molecule has 138 valence electrons. The molecule has 0 unspecified atom stereocenters. The van der Waals surface area contributed by atoms with Gasteiger partial charge in [0.15, 0.2) is 5.96 Å². The summed E-state index contributed by atoms with van der Waals surface area (Å²) in [5.41, 5.74) is 3.30. The zero-order valence-corrected chi connectivity index (χ0v) is 15.4. The molecule has 0 radical (unpaired) electrons. The van der Waals surface area contributed by atoms with E-state index in [-0.39, 0.29) is 0 Å². The van der Waals surface area contributed by atoms with Crippen LogP contribution in [0.1, 0.15) is 16.7 Å². The van der Waals surface area contributed by atoms with E-state index in [1.165, 1.54) is 5.56 Å². The predicted molar refractivity (Wildman–Crippen MR) is 108 cm³/mol. The molecule has 1 aromatic heterocycles. The number of hydrogen-bond acceptors (Lipinski definition) is 3. The van der Waals surface area contributed by atoms with E-state index in [1.54, 1.807) is 13.2 Å². The number of benzene rings is 2. The second-order valence-corrected chi connectivity index (χ2v) is 6.01. The molecule has 0 bridgehead atoms. The van der Waals surface area contributed by atoms with E-state index >= 15 is 0 Å². The van der Waals surface area contributed by atoms with Crippen LogP contribution in [0, 0.1) is 0 Å². The molecular formula is C22H24N4O. The first-order chi connectivity index (χ1) is 13.3. The Morgan fingerprint density at radius 3 is 2.22 bits per heavy atom. The fraction of sp³-hybridized carbons (Fsp3) is 0.182. The molecule has 27 heavy (non-hydrogen) atoms. The summed E-state index contributed by atoms with van der Waals surface area (Å²) >= 11 is 0. The molecular weight excluding hydrogens is 336 g/mol. The van der Waals surface area contributed by atoms with Crippen LogP contribution in [0.3, 0.4) is 0 Å². The lowest BCUT2D eigenvalue weighted by atomic mass is 10.2. The second kappa shape index (κ2) is 9.97. The average Bonchev–Trinajstić information content (AvgIpc) is 2.74. The number of aliphatic imine (C=N–C) groups is 1. The van der Waals surface area contributed by atoms with Crippen LogP contribution < -0.4 is 15.4 Å². The van der Waals surface area contributed by atoms with Crippen LogP contribution >= 0.6 is 0 Å². The summed E-state index contributed by atoms with van der Waals surface area (Å²) in [7, 11) is 1.76. The Bertz CT molecular complexity index is 850. The van der Waals surface area contributed by atoms with Crippen molar-refractivity contribution >= 4 is 5.96 Å². The molecule has 0 spiro atoms. The minimum absolute atomic E-state index is 0.492. The van der Waals surface area contributed by atoms with Gasteiger partial charge in [0.05, 0.1) is 0 Å². The monoisotopic (exact) mass is 360 g/mol. The molecule has 3 aromatic rings. The number of nitrogens with one attached hydrogen (secondary N) is 2. The van der Waals surface area contributed by atoms with Gasteiger partial charge in [0.2, 0.25) is 5.88 Å². The van der Waals surface area contributed by atoms with E-state index in [2.05, 4.69) is 32.7 Å². The normalized spacial score (nSPS) is 11.1.